The molecule has 3 rings (SSSR count). The highest BCUT2D eigenvalue weighted by Gasteiger charge is 2.25. The van der Waals surface area contributed by atoms with Crippen molar-refractivity contribution in [1.29, 1.82) is 0 Å². The van der Waals surface area contributed by atoms with E-state index in [1.165, 1.54) is 11.0 Å². The van der Waals surface area contributed by atoms with E-state index in [1.54, 1.807) is 11.0 Å². The molecule has 2 amide bonds. The first-order valence-corrected chi connectivity index (χ1v) is 8.65. The van der Waals surface area contributed by atoms with Gasteiger partial charge in [-0.3, -0.25) is 9.59 Å². The minimum Gasteiger partial charge on any atom is -0.484 e. The number of ether oxygens (including phenoxy) is 1. The molecule has 7 heteroatoms. The van der Waals surface area contributed by atoms with E-state index in [0.29, 0.717) is 31.9 Å². The molecule has 0 unspecified atom stereocenters. The zero-order valence-electron chi connectivity index (χ0n) is 15.0. The summed E-state index contributed by atoms with van der Waals surface area (Å²) in [6, 6.07) is 10.5. The molecule has 0 saturated carbocycles. The number of hydrogen-bond acceptors (Lipinski definition) is 3. The van der Waals surface area contributed by atoms with Crippen molar-refractivity contribution in [2.24, 2.45) is 0 Å². The number of aryl methyl sites for hydroxylation is 1. The molecule has 0 bridgehead atoms. The molecule has 0 N–H and O–H groups in total. The third-order valence-corrected chi connectivity index (χ3v) is 4.44. The average Bonchev–Trinajstić information content (AvgIpc) is 2.68. The number of piperazine rings is 1. The normalized spacial score (nSPS) is 14.2. The molecule has 0 radical (unpaired) electrons. The molecule has 2 aromatic rings. The van der Waals surface area contributed by atoms with Gasteiger partial charge in [0.2, 0.25) is 0 Å². The van der Waals surface area contributed by atoms with Crippen LogP contribution in [0.3, 0.4) is 0 Å². The molecule has 1 aliphatic heterocycles. The van der Waals surface area contributed by atoms with Crippen LogP contribution in [0.1, 0.15) is 15.9 Å². The van der Waals surface area contributed by atoms with Gasteiger partial charge in [-0.15, -0.1) is 0 Å². The SMILES string of the molecule is Cc1cccc(OCC(=O)N2CCN(C(=O)c3ccc(F)c(F)c3)CC2)c1. The van der Waals surface area contributed by atoms with Gasteiger partial charge in [-0.2, -0.15) is 0 Å². The number of carbonyl (C=O) groups excluding carboxylic acids is 2. The van der Waals surface area contributed by atoms with Crippen LogP contribution >= 0.6 is 0 Å². The van der Waals surface area contributed by atoms with Crippen LogP contribution in [0, 0.1) is 18.6 Å². The second kappa shape index (κ2) is 8.16. The number of nitrogens with zero attached hydrogens (tertiary/aromatic N) is 2. The van der Waals surface area contributed by atoms with Crippen LogP contribution in [0.4, 0.5) is 8.78 Å². The fourth-order valence-corrected chi connectivity index (χ4v) is 2.91. The first-order valence-electron chi connectivity index (χ1n) is 8.65. The number of rotatable bonds is 4. The van der Waals surface area contributed by atoms with Crippen LogP contribution in [0.2, 0.25) is 0 Å². The minimum absolute atomic E-state index is 0.0689. The third kappa shape index (κ3) is 4.61. The first-order chi connectivity index (χ1) is 12.9. The molecule has 2 aromatic carbocycles. The lowest BCUT2D eigenvalue weighted by Crippen LogP contribution is -2.51. The van der Waals surface area contributed by atoms with E-state index < -0.39 is 11.6 Å². The van der Waals surface area contributed by atoms with Gasteiger partial charge in [-0.1, -0.05) is 12.1 Å². The number of amides is 2. The van der Waals surface area contributed by atoms with Crippen molar-refractivity contribution < 1.29 is 23.1 Å². The van der Waals surface area contributed by atoms with Crippen molar-refractivity contribution in [2.75, 3.05) is 32.8 Å². The molecular formula is C20H20F2N2O3. The summed E-state index contributed by atoms with van der Waals surface area (Å²) in [4.78, 5) is 27.8. The van der Waals surface area contributed by atoms with Gasteiger partial charge >= 0.3 is 0 Å². The van der Waals surface area contributed by atoms with Crippen LogP contribution in [0.15, 0.2) is 42.5 Å². The lowest BCUT2D eigenvalue weighted by molar-refractivity contribution is -0.134. The Morgan fingerprint density at radius 1 is 0.963 bits per heavy atom. The van der Waals surface area contributed by atoms with Crippen molar-refractivity contribution in [1.82, 2.24) is 9.80 Å². The summed E-state index contributed by atoms with van der Waals surface area (Å²) in [5.41, 5.74) is 1.14. The van der Waals surface area contributed by atoms with Crippen molar-refractivity contribution in [3.05, 3.63) is 65.2 Å². The lowest BCUT2D eigenvalue weighted by Gasteiger charge is -2.34. The van der Waals surface area contributed by atoms with E-state index in [0.717, 1.165) is 17.7 Å². The molecule has 5 nitrogen and oxygen atoms in total. The first kappa shape index (κ1) is 18.8. The maximum absolute atomic E-state index is 13.3. The largest absolute Gasteiger partial charge is 0.484 e. The van der Waals surface area contributed by atoms with Gasteiger partial charge in [0.05, 0.1) is 0 Å². The number of carbonyl (C=O) groups is 2. The summed E-state index contributed by atoms with van der Waals surface area (Å²) >= 11 is 0. The molecule has 1 heterocycles. The highest BCUT2D eigenvalue weighted by molar-refractivity contribution is 5.94. The summed E-state index contributed by atoms with van der Waals surface area (Å²) in [6.45, 7) is 3.26. The molecule has 142 valence electrons. The highest BCUT2D eigenvalue weighted by atomic mass is 19.2. The Balaban J connectivity index is 1.51. The zero-order valence-corrected chi connectivity index (χ0v) is 15.0. The Labute approximate surface area is 156 Å². The van der Waals surface area contributed by atoms with Gasteiger partial charge in [-0.25, -0.2) is 8.78 Å². The fraction of sp³-hybridized carbons (Fsp3) is 0.300. The quantitative estimate of drug-likeness (QED) is 0.827. The zero-order chi connectivity index (χ0) is 19.4. The predicted molar refractivity (Wildman–Crippen MR) is 95.5 cm³/mol. The monoisotopic (exact) mass is 374 g/mol. The van der Waals surface area contributed by atoms with Crippen molar-refractivity contribution in [3.8, 4) is 5.75 Å². The summed E-state index contributed by atoms with van der Waals surface area (Å²) in [5.74, 6) is -1.94. The van der Waals surface area contributed by atoms with Crippen molar-refractivity contribution in [3.63, 3.8) is 0 Å². The van der Waals surface area contributed by atoms with E-state index in [2.05, 4.69) is 0 Å². The Kier molecular flexibility index (Phi) is 5.69. The smallest absolute Gasteiger partial charge is 0.260 e. The molecule has 0 aliphatic carbocycles. The Morgan fingerprint density at radius 3 is 2.33 bits per heavy atom. The topological polar surface area (TPSA) is 49.9 Å². The Morgan fingerprint density at radius 2 is 1.67 bits per heavy atom. The number of halogens is 2. The third-order valence-electron chi connectivity index (χ3n) is 4.44. The van der Waals surface area contributed by atoms with Gasteiger partial charge in [0.1, 0.15) is 5.75 Å². The van der Waals surface area contributed by atoms with E-state index in [9.17, 15) is 18.4 Å². The second-order valence-electron chi connectivity index (χ2n) is 6.41. The van der Waals surface area contributed by atoms with Crippen LogP contribution in [-0.2, 0) is 4.79 Å². The van der Waals surface area contributed by atoms with E-state index >= 15 is 0 Å². The lowest BCUT2D eigenvalue weighted by atomic mass is 10.1. The van der Waals surface area contributed by atoms with Crippen LogP contribution in [0.25, 0.3) is 0 Å². The molecule has 0 spiro atoms. The molecule has 1 fully saturated rings. The summed E-state index contributed by atoms with van der Waals surface area (Å²) in [5, 5.41) is 0. The van der Waals surface area contributed by atoms with Gasteiger partial charge in [-0.05, 0) is 42.8 Å². The van der Waals surface area contributed by atoms with E-state index in [1.807, 2.05) is 25.1 Å². The Hall–Kier alpha value is -2.96. The molecule has 27 heavy (non-hydrogen) atoms. The minimum atomic E-state index is -1.05. The maximum Gasteiger partial charge on any atom is 0.260 e. The number of hydrogen-bond donors (Lipinski definition) is 0. The van der Waals surface area contributed by atoms with Gasteiger partial charge in [0.25, 0.3) is 11.8 Å². The summed E-state index contributed by atoms with van der Waals surface area (Å²) in [6.07, 6.45) is 0. The van der Waals surface area contributed by atoms with Crippen molar-refractivity contribution >= 4 is 11.8 Å². The molecular weight excluding hydrogens is 354 g/mol. The van der Waals surface area contributed by atoms with Gasteiger partial charge < -0.3 is 14.5 Å². The molecule has 1 saturated heterocycles. The van der Waals surface area contributed by atoms with Gasteiger partial charge in [0, 0.05) is 31.7 Å². The fourth-order valence-electron chi connectivity index (χ4n) is 2.91. The standard InChI is InChI=1S/C20H20F2N2O3/c1-14-3-2-4-16(11-14)27-13-19(25)23-7-9-24(10-8-23)20(26)15-5-6-17(21)18(22)12-15/h2-6,11-12H,7-10,13H2,1H3. The molecule has 0 atom stereocenters. The second-order valence-corrected chi connectivity index (χ2v) is 6.41. The summed E-state index contributed by atoms with van der Waals surface area (Å²) < 4.78 is 31.8. The Bertz CT molecular complexity index is 849. The highest BCUT2D eigenvalue weighted by Crippen LogP contribution is 2.14. The van der Waals surface area contributed by atoms with Crippen LogP contribution in [0.5, 0.6) is 5.75 Å². The van der Waals surface area contributed by atoms with Crippen LogP contribution in [-0.4, -0.2) is 54.4 Å². The van der Waals surface area contributed by atoms with E-state index in [4.69, 9.17) is 4.74 Å². The maximum atomic E-state index is 13.3. The number of benzene rings is 2. The predicted octanol–water partition coefficient (Wildman–Crippen LogP) is 2.64. The summed E-state index contributed by atoms with van der Waals surface area (Å²) in [7, 11) is 0. The van der Waals surface area contributed by atoms with Crippen molar-refractivity contribution in [2.45, 2.75) is 6.92 Å². The molecule has 1 aliphatic rings. The van der Waals surface area contributed by atoms with Gasteiger partial charge in [0.15, 0.2) is 18.2 Å². The average molecular weight is 374 g/mol. The van der Waals surface area contributed by atoms with E-state index in [-0.39, 0.29) is 24.0 Å². The van der Waals surface area contributed by atoms with Crippen LogP contribution < -0.4 is 4.74 Å². The molecule has 0 aromatic heterocycles.